The zero-order valence-corrected chi connectivity index (χ0v) is 17.3. The molecule has 28 heavy (non-hydrogen) atoms. The lowest BCUT2D eigenvalue weighted by Crippen LogP contribution is -2.41. The molecule has 0 atom stereocenters. The highest BCUT2D eigenvalue weighted by Gasteiger charge is 2.29. The molecule has 8 heteroatoms. The van der Waals surface area contributed by atoms with Gasteiger partial charge in [0.15, 0.2) is 0 Å². The van der Waals surface area contributed by atoms with Crippen molar-refractivity contribution >= 4 is 27.7 Å². The van der Waals surface area contributed by atoms with Crippen LogP contribution in [-0.4, -0.2) is 49.0 Å². The highest BCUT2D eigenvalue weighted by molar-refractivity contribution is 7.99. The molecule has 150 valence electrons. The summed E-state index contributed by atoms with van der Waals surface area (Å²) in [5, 5.41) is 2.98. The number of hydrogen-bond donors (Lipinski definition) is 1. The number of amides is 1. The van der Waals surface area contributed by atoms with Crippen molar-refractivity contribution in [2.75, 3.05) is 25.4 Å². The number of sulfonamides is 1. The van der Waals surface area contributed by atoms with Crippen LogP contribution in [0.3, 0.4) is 0 Å². The molecule has 1 aliphatic heterocycles. The van der Waals surface area contributed by atoms with Crippen LogP contribution >= 0.6 is 11.8 Å². The van der Waals surface area contributed by atoms with Gasteiger partial charge in [-0.15, -0.1) is 11.8 Å². The van der Waals surface area contributed by atoms with E-state index in [0.29, 0.717) is 42.0 Å². The molecule has 0 saturated carbocycles. The Bertz CT molecular complexity index is 853. The van der Waals surface area contributed by atoms with Gasteiger partial charge in [-0.3, -0.25) is 9.78 Å². The number of pyridine rings is 1. The van der Waals surface area contributed by atoms with Gasteiger partial charge in [0.2, 0.25) is 15.9 Å². The molecule has 2 heterocycles. The third-order valence-corrected chi connectivity index (χ3v) is 7.63. The molecule has 1 N–H and O–H groups in total. The predicted octanol–water partition coefficient (Wildman–Crippen LogP) is 2.53. The number of hydrogen-bond acceptors (Lipinski definition) is 5. The maximum absolute atomic E-state index is 12.6. The molecule has 0 spiro atoms. The minimum absolute atomic E-state index is 0.0141. The van der Waals surface area contributed by atoms with Gasteiger partial charge in [-0.1, -0.05) is 24.3 Å². The molecule has 0 radical (unpaired) electrons. The third kappa shape index (κ3) is 5.80. The number of nitrogens with zero attached hydrogens (tertiary/aromatic N) is 2. The molecule has 1 fully saturated rings. The molecule has 1 aromatic carbocycles. The molecule has 3 rings (SSSR count). The number of carbonyl (C=O) groups is 1. The van der Waals surface area contributed by atoms with Gasteiger partial charge in [0.25, 0.3) is 0 Å². The minimum Gasteiger partial charge on any atom is -0.355 e. The van der Waals surface area contributed by atoms with Crippen LogP contribution in [0.2, 0.25) is 0 Å². The van der Waals surface area contributed by atoms with Crippen molar-refractivity contribution in [1.29, 1.82) is 0 Å². The minimum atomic E-state index is -3.42. The summed E-state index contributed by atoms with van der Waals surface area (Å²) >= 11 is 1.54. The highest BCUT2D eigenvalue weighted by atomic mass is 32.2. The van der Waals surface area contributed by atoms with E-state index in [1.165, 1.54) is 0 Å². The van der Waals surface area contributed by atoms with E-state index in [0.717, 1.165) is 18.5 Å². The molecule has 6 nitrogen and oxygen atoms in total. The van der Waals surface area contributed by atoms with Crippen molar-refractivity contribution in [2.45, 2.75) is 23.5 Å². The Morgan fingerprint density at radius 3 is 2.50 bits per heavy atom. The molecule has 1 aromatic heterocycles. The van der Waals surface area contributed by atoms with Gasteiger partial charge < -0.3 is 5.32 Å². The van der Waals surface area contributed by atoms with Crippen molar-refractivity contribution < 1.29 is 13.2 Å². The smallest absolute Gasteiger partial charge is 0.243 e. The van der Waals surface area contributed by atoms with E-state index < -0.39 is 10.0 Å². The van der Waals surface area contributed by atoms with Crippen LogP contribution in [0.25, 0.3) is 0 Å². The Balaban J connectivity index is 1.37. The number of thioether (sulfide) groups is 1. The fraction of sp³-hybridized carbons (Fsp3) is 0.400. The number of rotatable bonds is 8. The van der Waals surface area contributed by atoms with E-state index >= 15 is 0 Å². The van der Waals surface area contributed by atoms with Gasteiger partial charge in [0.1, 0.15) is 0 Å². The lowest BCUT2D eigenvalue weighted by molar-refractivity contribution is -0.118. The quantitative estimate of drug-likeness (QED) is 0.711. The van der Waals surface area contributed by atoms with Crippen molar-refractivity contribution in [3.05, 3.63) is 60.4 Å². The normalized spacial score (nSPS) is 16.0. The number of aromatic nitrogens is 1. The van der Waals surface area contributed by atoms with E-state index in [2.05, 4.69) is 10.3 Å². The monoisotopic (exact) mass is 419 g/mol. The van der Waals surface area contributed by atoms with Gasteiger partial charge in [0.05, 0.1) is 16.3 Å². The summed E-state index contributed by atoms with van der Waals surface area (Å²) in [4.78, 5) is 16.6. The largest absolute Gasteiger partial charge is 0.355 e. The summed E-state index contributed by atoms with van der Waals surface area (Å²) in [6.45, 7) is 1.58. The number of piperidine rings is 1. The Morgan fingerprint density at radius 2 is 1.82 bits per heavy atom. The van der Waals surface area contributed by atoms with E-state index in [1.807, 2.05) is 24.3 Å². The highest BCUT2D eigenvalue weighted by Crippen LogP contribution is 2.23. The van der Waals surface area contributed by atoms with E-state index in [9.17, 15) is 13.2 Å². The Labute approximate surface area is 170 Å². The number of benzene rings is 1. The van der Waals surface area contributed by atoms with Crippen LogP contribution in [-0.2, 0) is 20.6 Å². The molecule has 0 unspecified atom stereocenters. The first-order chi connectivity index (χ1) is 13.6. The van der Waals surface area contributed by atoms with Crippen LogP contribution in [0.1, 0.15) is 18.5 Å². The summed E-state index contributed by atoms with van der Waals surface area (Å²) < 4.78 is 26.8. The lowest BCUT2D eigenvalue weighted by atomic mass is 9.98. The van der Waals surface area contributed by atoms with Gasteiger partial charge in [-0.25, -0.2) is 8.42 Å². The van der Waals surface area contributed by atoms with Crippen LogP contribution in [0.4, 0.5) is 0 Å². The van der Waals surface area contributed by atoms with Crippen LogP contribution in [0.5, 0.6) is 0 Å². The summed E-state index contributed by atoms with van der Waals surface area (Å²) in [6.07, 6.45) is 3.27. The summed E-state index contributed by atoms with van der Waals surface area (Å²) in [5.74, 6) is 1.44. The zero-order chi connectivity index (χ0) is 19.8. The second-order valence-corrected chi connectivity index (χ2v) is 9.70. The average molecular weight is 420 g/mol. The van der Waals surface area contributed by atoms with Gasteiger partial charge in [0, 0.05) is 31.6 Å². The molecule has 2 aromatic rings. The summed E-state index contributed by atoms with van der Waals surface area (Å²) in [7, 11) is -3.42. The van der Waals surface area contributed by atoms with Crippen LogP contribution < -0.4 is 5.32 Å². The van der Waals surface area contributed by atoms with Crippen LogP contribution in [0.15, 0.2) is 59.6 Å². The molecule has 0 aliphatic carbocycles. The summed E-state index contributed by atoms with van der Waals surface area (Å²) in [5.41, 5.74) is 0.965. The number of carbonyl (C=O) groups excluding carboxylic acids is 1. The van der Waals surface area contributed by atoms with Gasteiger partial charge in [-0.05, 0) is 43.0 Å². The molecule has 0 bridgehead atoms. The zero-order valence-electron chi connectivity index (χ0n) is 15.7. The topological polar surface area (TPSA) is 79.4 Å². The maximum Gasteiger partial charge on any atom is 0.243 e. The molecular formula is C20H25N3O3S2. The molecule has 1 aliphatic rings. The lowest BCUT2D eigenvalue weighted by Gasteiger charge is -2.31. The second kappa shape index (κ2) is 10.0. The number of nitrogens with one attached hydrogen (secondary N) is 1. The van der Waals surface area contributed by atoms with Crippen LogP contribution in [0, 0.1) is 5.92 Å². The summed E-state index contributed by atoms with van der Waals surface area (Å²) in [6, 6.07) is 14.3. The van der Waals surface area contributed by atoms with Gasteiger partial charge >= 0.3 is 0 Å². The van der Waals surface area contributed by atoms with Crippen molar-refractivity contribution in [3.63, 3.8) is 0 Å². The van der Waals surface area contributed by atoms with E-state index in [4.69, 9.17) is 0 Å². The standard InChI is InChI=1S/C20H25N3O3S2/c24-20(16-27-15-18-6-4-5-11-21-18)22-14-17-9-12-23(13-10-17)28(25,26)19-7-2-1-3-8-19/h1-8,11,17H,9-10,12-16H2,(H,22,24). The first-order valence-electron chi connectivity index (χ1n) is 9.35. The van der Waals surface area contributed by atoms with E-state index in [1.54, 1.807) is 46.5 Å². The van der Waals surface area contributed by atoms with Gasteiger partial charge in [-0.2, -0.15) is 4.31 Å². The third-order valence-electron chi connectivity index (χ3n) is 4.75. The second-order valence-electron chi connectivity index (χ2n) is 6.78. The maximum atomic E-state index is 12.6. The van der Waals surface area contributed by atoms with Crippen molar-refractivity contribution in [2.24, 2.45) is 5.92 Å². The van der Waals surface area contributed by atoms with E-state index in [-0.39, 0.29) is 5.91 Å². The average Bonchev–Trinajstić information content (AvgIpc) is 2.74. The predicted molar refractivity (Wildman–Crippen MR) is 111 cm³/mol. The van der Waals surface area contributed by atoms with Crippen molar-refractivity contribution in [1.82, 2.24) is 14.6 Å². The Kier molecular flexibility index (Phi) is 7.47. The fourth-order valence-corrected chi connectivity index (χ4v) is 5.40. The first kappa shape index (κ1) is 20.8. The first-order valence-corrected chi connectivity index (χ1v) is 11.9. The molecule has 1 amide bonds. The molecule has 1 saturated heterocycles. The Hall–Kier alpha value is -1.90. The molecular weight excluding hydrogens is 394 g/mol. The fourth-order valence-electron chi connectivity index (χ4n) is 3.14. The Morgan fingerprint density at radius 1 is 1.11 bits per heavy atom. The SMILES string of the molecule is O=C(CSCc1ccccn1)NCC1CCN(S(=O)(=O)c2ccccc2)CC1. The van der Waals surface area contributed by atoms with Crippen molar-refractivity contribution in [3.8, 4) is 0 Å².